The maximum atomic E-state index is 11.5. The van der Waals surface area contributed by atoms with Crippen LogP contribution < -0.4 is 0 Å². The number of nitrogens with zero attached hydrogens (tertiary/aromatic N) is 3. The predicted octanol–water partition coefficient (Wildman–Crippen LogP) is 0.273. The number of hydrogen-bond donors (Lipinski definition) is 0. The normalized spacial score (nSPS) is 11.8. The third-order valence-corrected chi connectivity index (χ3v) is 3.29. The molecule has 0 amide bonds. The van der Waals surface area contributed by atoms with E-state index < -0.39 is 10.0 Å². The Morgan fingerprint density at radius 2 is 2.20 bits per heavy atom. The molecule has 0 saturated heterocycles. The fourth-order valence-corrected chi connectivity index (χ4v) is 2.08. The topological polar surface area (TPSA) is 74.1 Å². The fourth-order valence-electron chi connectivity index (χ4n) is 1.02. The van der Waals surface area contributed by atoms with Crippen LogP contribution in [0.15, 0.2) is 12.7 Å². The molecule has 7 heteroatoms. The van der Waals surface area contributed by atoms with Crippen LogP contribution in [0.2, 0.25) is 0 Å². The standard InChI is InChI=1S/C8H15N3O3S/c1-2-4-14-5-3-6-15(12,13)11-8-9-7-10-11/h7-8H,2-6H2,1H3. The first-order valence-corrected chi connectivity index (χ1v) is 6.43. The van der Waals surface area contributed by atoms with Gasteiger partial charge >= 0.3 is 0 Å². The van der Waals surface area contributed by atoms with Gasteiger partial charge in [-0.3, -0.25) is 0 Å². The smallest absolute Gasteiger partial charge is 0.255 e. The molecular formula is C8H15N3O3S. The molecule has 1 rings (SSSR count). The Morgan fingerprint density at radius 3 is 2.80 bits per heavy atom. The van der Waals surface area contributed by atoms with E-state index in [1.165, 1.54) is 12.7 Å². The highest BCUT2D eigenvalue weighted by Gasteiger charge is 2.12. The summed E-state index contributed by atoms with van der Waals surface area (Å²) in [6.07, 6.45) is 3.80. The fraction of sp³-hybridized carbons (Fsp3) is 0.750. The molecule has 0 aromatic carbocycles. The van der Waals surface area contributed by atoms with Crippen LogP contribution in [-0.4, -0.2) is 41.6 Å². The van der Waals surface area contributed by atoms with E-state index in [1.54, 1.807) is 0 Å². The molecule has 0 unspecified atom stereocenters. The first kappa shape index (κ1) is 12.1. The number of aromatic nitrogens is 3. The van der Waals surface area contributed by atoms with E-state index in [1.807, 2.05) is 6.92 Å². The van der Waals surface area contributed by atoms with Crippen molar-refractivity contribution in [2.24, 2.45) is 0 Å². The van der Waals surface area contributed by atoms with Crippen molar-refractivity contribution < 1.29 is 13.2 Å². The third kappa shape index (κ3) is 3.96. The zero-order chi connectivity index (χ0) is 11.1. The minimum absolute atomic E-state index is 0.0279. The summed E-state index contributed by atoms with van der Waals surface area (Å²) in [4.78, 5) is 3.59. The van der Waals surface area contributed by atoms with Gasteiger partial charge in [-0.1, -0.05) is 6.92 Å². The van der Waals surface area contributed by atoms with Crippen LogP contribution in [0.3, 0.4) is 0 Å². The van der Waals surface area contributed by atoms with Gasteiger partial charge in [0.1, 0.15) is 12.7 Å². The molecule has 0 bridgehead atoms. The Morgan fingerprint density at radius 1 is 1.40 bits per heavy atom. The monoisotopic (exact) mass is 233 g/mol. The number of ether oxygens (including phenoxy) is 1. The lowest BCUT2D eigenvalue weighted by atomic mass is 10.5. The third-order valence-electron chi connectivity index (χ3n) is 1.72. The van der Waals surface area contributed by atoms with E-state index >= 15 is 0 Å². The first-order valence-electron chi connectivity index (χ1n) is 4.82. The molecule has 15 heavy (non-hydrogen) atoms. The highest BCUT2D eigenvalue weighted by atomic mass is 32.2. The van der Waals surface area contributed by atoms with E-state index in [-0.39, 0.29) is 5.75 Å². The second-order valence-electron chi connectivity index (χ2n) is 3.05. The average Bonchev–Trinajstić information content (AvgIpc) is 2.70. The highest BCUT2D eigenvalue weighted by molar-refractivity contribution is 7.89. The summed E-state index contributed by atoms with van der Waals surface area (Å²) in [6, 6.07) is 0. The van der Waals surface area contributed by atoms with Crippen molar-refractivity contribution in [1.29, 1.82) is 0 Å². The van der Waals surface area contributed by atoms with Gasteiger partial charge in [-0.25, -0.2) is 13.4 Å². The SMILES string of the molecule is CCCOCCCS(=O)(=O)n1cncn1. The lowest BCUT2D eigenvalue weighted by Crippen LogP contribution is -2.18. The molecule has 0 fully saturated rings. The molecule has 86 valence electrons. The molecule has 0 atom stereocenters. The van der Waals surface area contributed by atoms with Crippen LogP contribution in [0.5, 0.6) is 0 Å². The summed E-state index contributed by atoms with van der Waals surface area (Å²) < 4.78 is 29.1. The summed E-state index contributed by atoms with van der Waals surface area (Å²) in [5.74, 6) is 0.0279. The second-order valence-corrected chi connectivity index (χ2v) is 5.00. The maximum absolute atomic E-state index is 11.5. The van der Waals surface area contributed by atoms with Crippen molar-refractivity contribution in [2.75, 3.05) is 19.0 Å². The van der Waals surface area contributed by atoms with Gasteiger partial charge in [0.05, 0.1) is 5.75 Å². The Hall–Kier alpha value is -0.950. The predicted molar refractivity (Wildman–Crippen MR) is 54.9 cm³/mol. The molecule has 1 aromatic rings. The molecular weight excluding hydrogens is 218 g/mol. The van der Waals surface area contributed by atoms with Crippen LogP contribution in [-0.2, 0) is 14.8 Å². The molecule has 1 heterocycles. The molecule has 1 aromatic heterocycles. The van der Waals surface area contributed by atoms with Crippen LogP contribution in [0.4, 0.5) is 0 Å². The number of hydrogen-bond acceptors (Lipinski definition) is 5. The molecule has 0 saturated carbocycles. The van der Waals surface area contributed by atoms with Gasteiger partial charge in [0.25, 0.3) is 10.0 Å². The van der Waals surface area contributed by atoms with Crippen LogP contribution in [0.1, 0.15) is 19.8 Å². The van der Waals surface area contributed by atoms with Gasteiger partial charge in [-0.15, -0.1) is 9.19 Å². The van der Waals surface area contributed by atoms with Gasteiger partial charge in [0.15, 0.2) is 0 Å². The minimum Gasteiger partial charge on any atom is -0.381 e. The van der Waals surface area contributed by atoms with E-state index in [9.17, 15) is 8.42 Å². The molecule has 0 radical (unpaired) electrons. The molecule has 0 N–H and O–H groups in total. The van der Waals surface area contributed by atoms with Gasteiger partial charge in [0, 0.05) is 13.2 Å². The van der Waals surface area contributed by atoms with Gasteiger partial charge in [0.2, 0.25) is 0 Å². The van der Waals surface area contributed by atoms with Gasteiger partial charge in [-0.2, -0.15) is 0 Å². The van der Waals surface area contributed by atoms with Crippen molar-refractivity contribution in [3.8, 4) is 0 Å². The summed E-state index contributed by atoms with van der Waals surface area (Å²) in [5, 5.41) is 3.58. The summed E-state index contributed by atoms with van der Waals surface area (Å²) in [5.41, 5.74) is 0. The minimum atomic E-state index is -3.34. The average molecular weight is 233 g/mol. The Kier molecular flexibility index (Phi) is 4.70. The van der Waals surface area contributed by atoms with Crippen molar-refractivity contribution in [3.63, 3.8) is 0 Å². The van der Waals surface area contributed by atoms with Crippen LogP contribution in [0.25, 0.3) is 0 Å². The summed E-state index contributed by atoms with van der Waals surface area (Å²) in [6.45, 7) is 3.14. The molecule has 0 aliphatic rings. The summed E-state index contributed by atoms with van der Waals surface area (Å²) in [7, 11) is -3.34. The van der Waals surface area contributed by atoms with Crippen molar-refractivity contribution in [1.82, 2.24) is 14.2 Å². The lowest BCUT2D eigenvalue weighted by Gasteiger charge is -2.03. The van der Waals surface area contributed by atoms with Crippen molar-refractivity contribution in [2.45, 2.75) is 19.8 Å². The van der Waals surface area contributed by atoms with E-state index in [0.717, 1.165) is 10.5 Å². The Bertz CT molecular complexity index is 360. The Balaban J connectivity index is 2.32. The van der Waals surface area contributed by atoms with Gasteiger partial charge in [-0.05, 0) is 12.8 Å². The van der Waals surface area contributed by atoms with Gasteiger partial charge < -0.3 is 4.74 Å². The number of rotatable bonds is 7. The lowest BCUT2D eigenvalue weighted by molar-refractivity contribution is 0.136. The zero-order valence-corrected chi connectivity index (χ0v) is 9.48. The highest BCUT2D eigenvalue weighted by Crippen LogP contribution is 1.97. The maximum Gasteiger partial charge on any atom is 0.255 e. The molecule has 0 aliphatic carbocycles. The molecule has 0 aliphatic heterocycles. The molecule has 0 spiro atoms. The van der Waals surface area contributed by atoms with E-state index in [2.05, 4.69) is 10.1 Å². The largest absolute Gasteiger partial charge is 0.381 e. The quantitative estimate of drug-likeness (QED) is 0.632. The van der Waals surface area contributed by atoms with Crippen molar-refractivity contribution in [3.05, 3.63) is 12.7 Å². The first-order chi connectivity index (χ1) is 7.17. The second kappa shape index (κ2) is 5.82. The van der Waals surface area contributed by atoms with Crippen molar-refractivity contribution >= 4 is 10.0 Å². The zero-order valence-electron chi connectivity index (χ0n) is 8.66. The summed E-state index contributed by atoms with van der Waals surface area (Å²) >= 11 is 0. The van der Waals surface area contributed by atoms with E-state index in [0.29, 0.717) is 19.6 Å². The van der Waals surface area contributed by atoms with Crippen LogP contribution in [0, 0.1) is 0 Å². The molecule has 6 nitrogen and oxygen atoms in total. The van der Waals surface area contributed by atoms with E-state index in [4.69, 9.17) is 4.74 Å². The Labute approximate surface area is 89.3 Å². The van der Waals surface area contributed by atoms with Crippen LogP contribution >= 0.6 is 0 Å².